The quantitative estimate of drug-likeness (QED) is 0.186. The SMILES string of the molecule is c1ccc(-c2cc(-c3ccc4ccccc4c3)nc(-c3cccc4oc5cc(-c6ccc(-c7ccc8ccccc8c7)cc6)ccc5c34)n2)cc1. The molecule has 0 aliphatic carbocycles. The molecule has 0 fully saturated rings. The zero-order valence-corrected chi connectivity index (χ0v) is 27.6. The average molecular weight is 651 g/mol. The van der Waals surface area contributed by atoms with E-state index in [1.165, 1.54) is 32.7 Å². The molecule has 0 aliphatic rings. The summed E-state index contributed by atoms with van der Waals surface area (Å²) < 4.78 is 6.53. The van der Waals surface area contributed by atoms with E-state index in [-0.39, 0.29) is 0 Å². The molecule has 2 aromatic heterocycles. The molecule has 0 N–H and O–H groups in total. The minimum absolute atomic E-state index is 0.668. The number of aromatic nitrogens is 2. The first-order chi connectivity index (χ1) is 25.2. The van der Waals surface area contributed by atoms with E-state index in [1.807, 2.05) is 30.3 Å². The number of rotatable bonds is 5. The molecular formula is C48H30N2O. The van der Waals surface area contributed by atoms with Crippen LogP contribution in [-0.2, 0) is 0 Å². The molecule has 51 heavy (non-hydrogen) atoms. The highest BCUT2D eigenvalue weighted by atomic mass is 16.3. The molecule has 0 bridgehead atoms. The van der Waals surface area contributed by atoms with Crippen molar-refractivity contribution in [1.29, 1.82) is 0 Å². The lowest BCUT2D eigenvalue weighted by molar-refractivity contribution is 0.669. The van der Waals surface area contributed by atoms with Gasteiger partial charge in [-0.25, -0.2) is 9.97 Å². The van der Waals surface area contributed by atoms with Gasteiger partial charge in [-0.1, -0.05) is 146 Å². The third-order valence-electron chi connectivity index (χ3n) is 9.88. The lowest BCUT2D eigenvalue weighted by Crippen LogP contribution is -1.96. The Labute approximate surface area is 295 Å². The van der Waals surface area contributed by atoms with Gasteiger partial charge < -0.3 is 4.42 Å². The minimum atomic E-state index is 0.668. The van der Waals surface area contributed by atoms with Crippen molar-refractivity contribution in [3.8, 4) is 56.2 Å². The van der Waals surface area contributed by atoms with E-state index in [2.05, 4.69) is 152 Å². The lowest BCUT2D eigenvalue weighted by atomic mass is 9.97. The Morgan fingerprint density at radius 1 is 0.333 bits per heavy atom. The standard InChI is InChI=1S/C48H30N2O/c1-2-11-35(12-3-1)43-30-44(40-24-22-32-10-5-7-14-37(32)28-40)50-48(49-43)42-15-8-16-45-47(42)41-26-25-39(29-46(41)51-45)34-19-17-33(18-20-34)38-23-21-31-9-4-6-13-36(31)27-38/h1-30H. The van der Waals surface area contributed by atoms with E-state index in [4.69, 9.17) is 14.4 Å². The lowest BCUT2D eigenvalue weighted by Gasteiger charge is -2.11. The van der Waals surface area contributed by atoms with Crippen LogP contribution >= 0.6 is 0 Å². The van der Waals surface area contributed by atoms with Gasteiger partial charge in [-0.05, 0) is 80.2 Å². The van der Waals surface area contributed by atoms with Crippen LogP contribution in [0, 0.1) is 0 Å². The van der Waals surface area contributed by atoms with Crippen molar-refractivity contribution in [3.05, 3.63) is 182 Å². The minimum Gasteiger partial charge on any atom is -0.456 e. The molecule has 3 nitrogen and oxygen atoms in total. The summed E-state index contributed by atoms with van der Waals surface area (Å²) in [6.07, 6.45) is 0. The van der Waals surface area contributed by atoms with Gasteiger partial charge in [0.25, 0.3) is 0 Å². The van der Waals surface area contributed by atoms with E-state index in [1.54, 1.807) is 0 Å². The van der Waals surface area contributed by atoms with Crippen molar-refractivity contribution in [2.75, 3.05) is 0 Å². The van der Waals surface area contributed by atoms with Gasteiger partial charge in [-0.3, -0.25) is 0 Å². The Bertz CT molecular complexity index is 2910. The Hall–Kier alpha value is -6.84. The van der Waals surface area contributed by atoms with Gasteiger partial charge in [0.05, 0.1) is 11.4 Å². The third kappa shape index (κ3) is 5.24. The van der Waals surface area contributed by atoms with Crippen LogP contribution in [0.4, 0.5) is 0 Å². The van der Waals surface area contributed by atoms with Crippen LogP contribution < -0.4 is 0 Å². The van der Waals surface area contributed by atoms with Crippen LogP contribution in [0.5, 0.6) is 0 Å². The number of furan rings is 1. The number of benzene rings is 8. The molecule has 0 aliphatic heterocycles. The smallest absolute Gasteiger partial charge is 0.161 e. The highest BCUT2D eigenvalue weighted by molar-refractivity contribution is 6.12. The molecule has 0 unspecified atom stereocenters. The van der Waals surface area contributed by atoms with Crippen molar-refractivity contribution in [3.63, 3.8) is 0 Å². The van der Waals surface area contributed by atoms with E-state index in [0.29, 0.717) is 5.82 Å². The monoisotopic (exact) mass is 650 g/mol. The molecule has 0 amide bonds. The molecule has 10 rings (SSSR count). The Kier molecular flexibility index (Phi) is 6.81. The van der Waals surface area contributed by atoms with Crippen LogP contribution in [0.2, 0.25) is 0 Å². The summed E-state index contributed by atoms with van der Waals surface area (Å²) in [5, 5.41) is 6.93. The van der Waals surface area contributed by atoms with Gasteiger partial charge in [0.2, 0.25) is 0 Å². The van der Waals surface area contributed by atoms with E-state index in [0.717, 1.165) is 61.1 Å². The predicted molar refractivity (Wildman–Crippen MR) is 212 cm³/mol. The summed E-state index contributed by atoms with van der Waals surface area (Å²) >= 11 is 0. The van der Waals surface area contributed by atoms with Gasteiger partial charge in [-0.2, -0.15) is 0 Å². The molecule has 2 heterocycles. The fourth-order valence-electron chi connectivity index (χ4n) is 7.24. The summed E-state index contributed by atoms with van der Waals surface area (Å²) in [4.78, 5) is 10.4. The molecule has 8 aromatic carbocycles. The number of hydrogen-bond donors (Lipinski definition) is 0. The van der Waals surface area contributed by atoms with Gasteiger partial charge in [-0.15, -0.1) is 0 Å². The molecule has 0 radical (unpaired) electrons. The molecule has 0 saturated heterocycles. The Morgan fingerprint density at radius 2 is 0.882 bits per heavy atom. The summed E-state index contributed by atoms with van der Waals surface area (Å²) in [5.74, 6) is 0.668. The molecular weight excluding hydrogens is 621 g/mol. The van der Waals surface area contributed by atoms with Crippen LogP contribution in [0.15, 0.2) is 186 Å². The van der Waals surface area contributed by atoms with E-state index >= 15 is 0 Å². The number of fused-ring (bicyclic) bond motifs is 5. The van der Waals surface area contributed by atoms with Crippen molar-refractivity contribution >= 4 is 43.5 Å². The normalized spacial score (nSPS) is 11.5. The summed E-state index contributed by atoms with van der Waals surface area (Å²) in [7, 11) is 0. The van der Waals surface area contributed by atoms with Crippen LogP contribution in [0.1, 0.15) is 0 Å². The fourth-order valence-corrected chi connectivity index (χ4v) is 7.24. The van der Waals surface area contributed by atoms with Crippen LogP contribution in [0.25, 0.3) is 99.6 Å². The molecule has 3 heteroatoms. The molecule has 238 valence electrons. The second-order valence-corrected chi connectivity index (χ2v) is 13.0. The zero-order valence-electron chi connectivity index (χ0n) is 27.6. The van der Waals surface area contributed by atoms with Crippen molar-refractivity contribution in [2.24, 2.45) is 0 Å². The topological polar surface area (TPSA) is 38.9 Å². The fraction of sp³-hybridized carbons (Fsp3) is 0. The largest absolute Gasteiger partial charge is 0.456 e. The van der Waals surface area contributed by atoms with Crippen molar-refractivity contribution in [2.45, 2.75) is 0 Å². The summed E-state index contributed by atoms with van der Waals surface area (Å²) in [6, 6.07) is 63.9. The Balaban J connectivity index is 1.06. The van der Waals surface area contributed by atoms with E-state index in [9.17, 15) is 0 Å². The highest BCUT2D eigenvalue weighted by Crippen LogP contribution is 2.39. The van der Waals surface area contributed by atoms with Gasteiger partial charge in [0.1, 0.15) is 11.2 Å². The van der Waals surface area contributed by atoms with Crippen LogP contribution in [-0.4, -0.2) is 9.97 Å². The van der Waals surface area contributed by atoms with Gasteiger partial charge in [0, 0.05) is 27.5 Å². The summed E-state index contributed by atoms with van der Waals surface area (Å²) in [5.41, 5.74) is 11.1. The third-order valence-corrected chi connectivity index (χ3v) is 9.88. The number of hydrogen-bond acceptors (Lipinski definition) is 3. The van der Waals surface area contributed by atoms with Gasteiger partial charge in [0.15, 0.2) is 5.82 Å². The second kappa shape index (κ2) is 11.9. The van der Waals surface area contributed by atoms with Gasteiger partial charge >= 0.3 is 0 Å². The molecule has 0 saturated carbocycles. The molecule has 10 aromatic rings. The predicted octanol–water partition coefficient (Wildman–Crippen LogP) is 13.0. The molecule has 0 atom stereocenters. The van der Waals surface area contributed by atoms with Crippen LogP contribution in [0.3, 0.4) is 0 Å². The van der Waals surface area contributed by atoms with E-state index < -0.39 is 0 Å². The highest BCUT2D eigenvalue weighted by Gasteiger charge is 2.18. The molecule has 0 spiro atoms. The average Bonchev–Trinajstić information content (AvgIpc) is 3.59. The number of nitrogens with zero attached hydrogens (tertiary/aromatic N) is 2. The zero-order chi connectivity index (χ0) is 33.7. The first kappa shape index (κ1) is 29.1. The second-order valence-electron chi connectivity index (χ2n) is 13.0. The first-order valence-corrected chi connectivity index (χ1v) is 17.2. The summed E-state index contributed by atoms with van der Waals surface area (Å²) in [6.45, 7) is 0. The van der Waals surface area contributed by atoms with Crippen molar-refractivity contribution in [1.82, 2.24) is 9.97 Å². The Morgan fingerprint density at radius 3 is 1.59 bits per heavy atom. The maximum Gasteiger partial charge on any atom is 0.161 e. The maximum absolute atomic E-state index is 6.53. The van der Waals surface area contributed by atoms with Crippen molar-refractivity contribution < 1.29 is 4.42 Å². The first-order valence-electron chi connectivity index (χ1n) is 17.2. The maximum atomic E-state index is 6.53.